The minimum Gasteiger partial charge on any atom is -0.345 e. The van der Waals surface area contributed by atoms with Gasteiger partial charge in [-0.15, -0.1) is 0 Å². The highest BCUT2D eigenvalue weighted by Gasteiger charge is 2.50. The molecule has 2 aliphatic rings. The summed E-state index contributed by atoms with van der Waals surface area (Å²) in [6.07, 6.45) is 3.59. The van der Waals surface area contributed by atoms with E-state index in [9.17, 15) is 8.78 Å². The zero-order valence-corrected chi connectivity index (χ0v) is 15.9. The van der Waals surface area contributed by atoms with Crippen molar-refractivity contribution in [1.29, 1.82) is 0 Å². The van der Waals surface area contributed by atoms with Gasteiger partial charge in [0.2, 0.25) is 0 Å². The van der Waals surface area contributed by atoms with Crippen LogP contribution < -0.4 is 5.32 Å². The zero-order valence-electron chi connectivity index (χ0n) is 14.3. The molecule has 1 aliphatic carbocycles. The lowest BCUT2D eigenvalue weighted by molar-refractivity contribution is 0.132. The van der Waals surface area contributed by atoms with Crippen molar-refractivity contribution in [1.82, 2.24) is 4.90 Å². The summed E-state index contributed by atoms with van der Waals surface area (Å²) in [6.45, 7) is 8.04. The molecular formula is C18H24F2N2S2. The maximum atomic E-state index is 12.4. The second kappa shape index (κ2) is 6.45. The Morgan fingerprint density at radius 1 is 1.25 bits per heavy atom. The molecule has 1 saturated carbocycles. The summed E-state index contributed by atoms with van der Waals surface area (Å²) in [4.78, 5) is 2.89. The van der Waals surface area contributed by atoms with Gasteiger partial charge in [-0.3, -0.25) is 0 Å². The Kier molecular flexibility index (Phi) is 4.82. The molecule has 1 aliphatic heterocycles. The van der Waals surface area contributed by atoms with Gasteiger partial charge in [0.25, 0.3) is 5.76 Å². The first kappa shape index (κ1) is 17.9. The first-order valence-corrected chi connectivity index (χ1v) is 9.57. The van der Waals surface area contributed by atoms with Crippen LogP contribution in [0.15, 0.2) is 29.2 Å². The van der Waals surface area contributed by atoms with Crippen molar-refractivity contribution in [2.75, 3.05) is 11.9 Å². The molecule has 0 radical (unpaired) electrons. The van der Waals surface area contributed by atoms with Gasteiger partial charge in [0.15, 0.2) is 5.11 Å². The summed E-state index contributed by atoms with van der Waals surface area (Å²) in [7, 11) is 0. The van der Waals surface area contributed by atoms with Crippen molar-refractivity contribution in [3.63, 3.8) is 0 Å². The molecule has 2 bridgehead atoms. The van der Waals surface area contributed by atoms with E-state index in [1.54, 1.807) is 12.1 Å². The number of rotatable bonds is 3. The molecule has 2 atom stereocenters. The molecule has 2 nitrogen and oxygen atoms in total. The molecule has 3 rings (SSSR count). The molecule has 0 amide bonds. The molecule has 1 saturated heterocycles. The summed E-state index contributed by atoms with van der Waals surface area (Å²) in [6, 6.07) is 7.52. The lowest BCUT2D eigenvalue weighted by Gasteiger charge is -2.39. The largest absolute Gasteiger partial charge is 0.345 e. The molecule has 132 valence electrons. The van der Waals surface area contributed by atoms with Crippen LogP contribution in [0.4, 0.5) is 14.5 Å². The Morgan fingerprint density at radius 3 is 2.54 bits per heavy atom. The fraction of sp³-hybridized carbons (Fsp3) is 0.611. The van der Waals surface area contributed by atoms with Crippen molar-refractivity contribution >= 4 is 34.8 Å². The lowest BCUT2D eigenvalue weighted by atomic mass is 9.65. The van der Waals surface area contributed by atoms with E-state index >= 15 is 0 Å². The van der Waals surface area contributed by atoms with Crippen molar-refractivity contribution in [3.8, 4) is 0 Å². The predicted molar refractivity (Wildman–Crippen MR) is 101 cm³/mol. The van der Waals surface area contributed by atoms with Crippen molar-refractivity contribution in [3.05, 3.63) is 24.3 Å². The Balaban J connectivity index is 1.65. The molecule has 2 fully saturated rings. The summed E-state index contributed by atoms with van der Waals surface area (Å²) in [5.74, 6) is -2.39. The summed E-state index contributed by atoms with van der Waals surface area (Å²) >= 11 is 6.20. The number of benzene rings is 1. The predicted octanol–water partition coefficient (Wildman–Crippen LogP) is 5.60. The second-order valence-corrected chi connectivity index (χ2v) is 9.62. The number of anilines is 1. The van der Waals surface area contributed by atoms with Gasteiger partial charge in [0, 0.05) is 23.2 Å². The van der Waals surface area contributed by atoms with Crippen LogP contribution in [0.25, 0.3) is 0 Å². The number of hydrogen-bond donors (Lipinski definition) is 1. The number of hydrogen-bond acceptors (Lipinski definition) is 2. The van der Waals surface area contributed by atoms with Gasteiger partial charge in [-0.1, -0.05) is 32.5 Å². The zero-order chi connectivity index (χ0) is 17.5. The first-order chi connectivity index (χ1) is 11.2. The van der Waals surface area contributed by atoms with E-state index in [0.29, 0.717) is 33.5 Å². The van der Waals surface area contributed by atoms with Gasteiger partial charge >= 0.3 is 0 Å². The van der Waals surface area contributed by atoms with Gasteiger partial charge in [-0.2, -0.15) is 8.78 Å². The molecule has 1 aromatic carbocycles. The van der Waals surface area contributed by atoms with Gasteiger partial charge in [-0.05, 0) is 66.6 Å². The maximum Gasteiger partial charge on any atom is 0.288 e. The quantitative estimate of drug-likeness (QED) is 0.550. The molecule has 1 aromatic rings. The van der Waals surface area contributed by atoms with Gasteiger partial charge in [0.05, 0.1) is 0 Å². The van der Waals surface area contributed by atoms with Crippen LogP contribution in [-0.2, 0) is 0 Å². The van der Waals surface area contributed by atoms with E-state index < -0.39 is 5.76 Å². The van der Waals surface area contributed by atoms with Crippen LogP contribution in [0, 0.1) is 10.8 Å². The van der Waals surface area contributed by atoms with Crippen molar-refractivity contribution in [2.24, 2.45) is 10.8 Å². The van der Waals surface area contributed by atoms with Crippen LogP contribution >= 0.6 is 24.0 Å². The highest BCUT2D eigenvalue weighted by atomic mass is 32.2. The molecule has 1 N–H and O–H groups in total. The number of likely N-dealkylation sites (tertiary alicyclic amines) is 1. The topological polar surface area (TPSA) is 15.3 Å². The highest BCUT2D eigenvalue weighted by Crippen LogP contribution is 2.52. The van der Waals surface area contributed by atoms with E-state index in [0.717, 1.165) is 23.8 Å². The average molecular weight is 371 g/mol. The number of fused-ring (bicyclic) bond motifs is 2. The summed E-state index contributed by atoms with van der Waals surface area (Å²) in [5.41, 5.74) is 1.54. The molecule has 1 heterocycles. The lowest BCUT2D eigenvalue weighted by Crippen LogP contribution is -2.39. The van der Waals surface area contributed by atoms with E-state index in [2.05, 4.69) is 31.0 Å². The Bertz CT molecular complexity index is 618. The van der Waals surface area contributed by atoms with E-state index in [-0.39, 0.29) is 0 Å². The minimum atomic E-state index is -2.39. The van der Waals surface area contributed by atoms with Crippen LogP contribution in [0.1, 0.15) is 40.0 Å². The van der Waals surface area contributed by atoms with Gasteiger partial charge in [-0.25, -0.2) is 0 Å². The number of nitrogens with one attached hydrogen (secondary N) is 1. The van der Waals surface area contributed by atoms with Crippen molar-refractivity contribution in [2.45, 2.75) is 56.7 Å². The third-order valence-electron chi connectivity index (χ3n) is 5.01. The van der Waals surface area contributed by atoms with E-state index in [1.807, 2.05) is 12.1 Å². The number of thioether (sulfide) groups is 1. The Morgan fingerprint density at radius 2 is 1.92 bits per heavy atom. The molecule has 0 spiro atoms. The average Bonchev–Trinajstić information content (AvgIpc) is 2.69. The number of alkyl halides is 2. The second-order valence-electron chi connectivity index (χ2n) is 8.17. The number of halogens is 2. The molecule has 0 aromatic heterocycles. The fourth-order valence-electron chi connectivity index (χ4n) is 4.61. The first-order valence-electron chi connectivity index (χ1n) is 8.28. The SMILES string of the molecule is CC1(C)C[C@@H]2C[C@@](C)(CN2C(=S)Nc2ccc(SC(F)F)cc2)C1. The van der Waals surface area contributed by atoms with Crippen LogP contribution in [0.2, 0.25) is 0 Å². The number of nitrogens with zero attached hydrogens (tertiary/aromatic N) is 1. The van der Waals surface area contributed by atoms with E-state index in [1.165, 1.54) is 12.8 Å². The van der Waals surface area contributed by atoms with Crippen molar-refractivity contribution < 1.29 is 8.78 Å². The van der Waals surface area contributed by atoms with Gasteiger partial charge in [0.1, 0.15) is 0 Å². The smallest absolute Gasteiger partial charge is 0.288 e. The molecule has 6 heteroatoms. The molecular weight excluding hydrogens is 346 g/mol. The number of thiocarbonyl (C=S) groups is 1. The van der Waals surface area contributed by atoms with E-state index in [4.69, 9.17) is 12.2 Å². The monoisotopic (exact) mass is 370 g/mol. The Labute approximate surface area is 152 Å². The van der Waals surface area contributed by atoms with Gasteiger partial charge < -0.3 is 10.2 Å². The van der Waals surface area contributed by atoms with Crippen LogP contribution in [0.3, 0.4) is 0 Å². The minimum absolute atomic E-state index is 0.329. The van der Waals surface area contributed by atoms with Crippen LogP contribution in [-0.4, -0.2) is 28.4 Å². The molecule has 0 unspecified atom stereocenters. The molecule has 24 heavy (non-hydrogen) atoms. The fourth-order valence-corrected chi connectivity index (χ4v) is 5.44. The third kappa shape index (κ3) is 4.02. The maximum absolute atomic E-state index is 12.4. The normalized spacial score (nSPS) is 28.2. The summed E-state index contributed by atoms with van der Waals surface area (Å²) in [5, 5.41) is 4.03. The summed E-state index contributed by atoms with van der Waals surface area (Å²) < 4.78 is 24.8. The standard InChI is InChI=1S/C18H24F2N2S2/c1-17(2)8-13-9-18(3,10-17)11-22(13)16(23)21-12-4-6-14(7-5-12)24-15(19)20/h4-7,13,15H,8-11H2,1-3H3,(H,21,23)/t13-,18-/m1/s1. The third-order valence-corrected chi connectivity index (χ3v) is 6.07. The highest BCUT2D eigenvalue weighted by molar-refractivity contribution is 7.99. The Hall–Kier alpha value is -0.880. The van der Waals surface area contributed by atoms with Crippen LogP contribution in [0.5, 0.6) is 0 Å².